The number of carbonyl (C=O) groups is 1. The quantitative estimate of drug-likeness (QED) is 0.579. The zero-order chi connectivity index (χ0) is 17.9. The minimum atomic E-state index is -0.918. The maximum atomic E-state index is 11.6. The van der Waals surface area contributed by atoms with Gasteiger partial charge in [0.05, 0.1) is 0 Å². The van der Waals surface area contributed by atoms with Gasteiger partial charge < -0.3 is 14.3 Å². The van der Waals surface area contributed by atoms with Crippen LogP contribution in [0.15, 0.2) is 58.5 Å². The number of ether oxygens (including phenoxy) is 1. The van der Waals surface area contributed by atoms with Gasteiger partial charge >= 0.3 is 5.97 Å². The Hall–Kier alpha value is -2.75. The molecule has 26 heavy (non-hydrogen) atoms. The van der Waals surface area contributed by atoms with Crippen LogP contribution in [0.2, 0.25) is 0 Å². The number of furan rings is 1. The van der Waals surface area contributed by atoms with E-state index < -0.39 is 12.1 Å². The van der Waals surface area contributed by atoms with E-state index in [-0.39, 0.29) is 0 Å². The molecule has 4 heteroatoms. The van der Waals surface area contributed by atoms with Crippen molar-refractivity contribution >= 4 is 27.9 Å². The van der Waals surface area contributed by atoms with E-state index in [1.165, 1.54) is 18.4 Å². The van der Waals surface area contributed by atoms with Crippen LogP contribution < -0.4 is 4.74 Å². The number of hydrogen-bond acceptors (Lipinski definition) is 3. The second-order valence-electron chi connectivity index (χ2n) is 6.85. The highest BCUT2D eigenvalue weighted by Gasteiger charge is 2.21. The van der Waals surface area contributed by atoms with Gasteiger partial charge in [-0.05, 0) is 62.8 Å². The Labute approximate surface area is 152 Å². The summed E-state index contributed by atoms with van der Waals surface area (Å²) in [6, 6.07) is 13.3. The Kier molecular flexibility index (Phi) is 4.65. The smallest absolute Gasteiger partial charge is 0.344 e. The SMILES string of the molecule is O=C(O)C(CCC1=CCCCC1)Oc1ccc2oc3ccccc3c2c1. The number of fused-ring (bicyclic) bond motifs is 3. The molecule has 2 aromatic carbocycles. The van der Waals surface area contributed by atoms with E-state index in [9.17, 15) is 9.90 Å². The predicted molar refractivity (Wildman–Crippen MR) is 102 cm³/mol. The molecule has 0 saturated heterocycles. The van der Waals surface area contributed by atoms with E-state index in [4.69, 9.17) is 9.15 Å². The summed E-state index contributed by atoms with van der Waals surface area (Å²) in [7, 11) is 0. The number of hydrogen-bond donors (Lipinski definition) is 1. The molecule has 0 radical (unpaired) electrons. The van der Waals surface area contributed by atoms with Gasteiger partial charge in [-0.15, -0.1) is 0 Å². The Morgan fingerprint density at radius 3 is 2.77 bits per heavy atom. The number of aliphatic carboxylic acids is 1. The van der Waals surface area contributed by atoms with Crippen molar-refractivity contribution in [1.82, 2.24) is 0 Å². The lowest BCUT2D eigenvalue weighted by Gasteiger charge is -2.17. The molecule has 4 nitrogen and oxygen atoms in total. The van der Waals surface area contributed by atoms with Crippen molar-refractivity contribution in [3.05, 3.63) is 54.1 Å². The molecular weight excluding hydrogens is 328 g/mol. The van der Waals surface area contributed by atoms with Gasteiger partial charge in [0.2, 0.25) is 0 Å². The van der Waals surface area contributed by atoms with Crippen molar-refractivity contribution in [2.45, 2.75) is 44.6 Å². The van der Waals surface area contributed by atoms with Gasteiger partial charge in [-0.1, -0.05) is 29.8 Å². The summed E-state index contributed by atoms with van der Waals surface area (Å²) in [6.07, 6.45) is 7.33. The topological polar surface area (TPSA) is 59.7 Å². The van der Waals surface area contributed by atoms with Crippen LogP contribution in [0.4, 0.5) is 0 Å². The summed E-state index contributed by atoms with van der Waals surface area (Å²) in [5.41, 5.74) is 2.96. The van der Waals surface area contributed by atoms with Crippen molar-refractivity contribution in [3.63, 3.8) is 0 Å². The number of allylic oxidation sites excluding steroid dienone is 2. The van der Waals surface area contributed by atoms with E-state index in [2.05, 4.69) is 6.08 Å². The van der Waals surface area contributed by atoms with Gasteiger partial charge in [-0.25, -0.2) is 4.79 Å². The molecular formula is C22H22O4. The first-order valence-electron chi connectivity index (χ1n) is 9.19. The number of para-hydroxylation sites is 1. The van der Waals surface area contributed by atoms with Crippen LogP contribution in [-0.2, 0) is 4.79 Å². The summed E-state index contributed by atoms with van der Waals surface area (Å²) < 4.78 is 11.6. The molecule has 4 rings (SSSR count). The molecule has 0 saturated carbocycles. The standard InChI is InChI=1S/C22H22O4/c23-22(24)21(12-10-15-6-2-1-3-7-15)25-16-11-13-20-18(14-16)17-8-4-5-9-19(17)26-20/h4-6,8-9,11,13-14,21H,1-3,7,10,12H2,(H,23,24). The van der Waals surface area contributed by atoms with Crippen molar-refractivity contribution in [1.29, 1.82) is 0 Å². The lowest BCUT2D eigenvalue weighted by molar-refractivity contribution is -0.145. The highest BCUT2D eigenvalue weighted by molar-refractivity contribution is 6.05. The Morgan fingerprint density at radius 1 is 1.12 bits per heavy atom. The molecule has 0 spiro atoms. The zero-order valence-corrected chi connectivity index (χ0v) is 14.6. The zero-order valence-electron chi connectivity index (χ0n) is 14.6. The fourth-order valence-corrected chi connectivity index (χ4v) is 3.62. The Bertz CT molecular complexity index is 967. The molecule has 0 aliphatic heterocycles. The number of benzene rings is 2. The van der Waals surface area contributed by atoms with Gasteiger partial charge in [0.25, 0.3) is 0 Å². The van der Waals surface area contributed by atoms with Crippen LogP contribution in [0.25, 0.3) is 21.9 Å². The van der Waals surface area contributed by atoms with Gasteiger partial charge in [-0.3, -0.25) is 0 Å². The van der Waals surface area contributed by atoms with Gasteiger partial charge in [0.15, 0.2) is 6.10 Å². The molecule has 1 aliphatic carbocycles. The van der Waals surface area contributed by atoms with Crippen molar-refractivity contribution in [2.75, 3.05) is 0 Å². The summed E-state index contributed by atoms with van der Waals surface area (Å²) in [6.45, 7) is 0. The lowest BCUT2D eigenvalue weighted by Crippen LogP contribution is -2.27. The third kappa shape index (κ3) is 3.45. The molecule has 1 aliphatic rings. The van der Waals surface area contributed by atoms with Gasteiger partial charge in [0, 0.05) is 10.8 Å². The van der Waals surface area contributed by atoms with Crippen LogP contribution in [0.5, 0.6) is 5.75 Å². The summed E-state index contributed by atoms with van der Waals surface area (Å²) in [5.74, 6) is -0.354. The number of carboxylic acid groups (broad SMARTS) is 1. The molecule has 1 N–H and O–H groups in total. The molecule has 3 aromatic rings. The maximum absolute atomic E-state index is 11.6. The third-order valence-electron chi connectivity index (χ3n) is 5.01. The molecule has 0 bridgehead atoms. The number of carboxylic acids is 1. The fraction of sp³-hybridized carbons (Fsp3) is 0.318. The first-order chi connectivity index (χ1) is 12.7. The van der Waals surface area contributed by atoms with E-state index in [1.807, 2.05) is 36.4 Å². The van der Waals surface area contributed by atoms with Gasteiger partial charge in [-0.2, -0.15) is 0 Å². The fourth-order valence-electron chi connectivity index (χ4n) is 3.62. The number of rotatable bonds is 6. The summed E-state index contributed by atoms with van der Waals surface area (Å²) in [5, 5.41) is 11.5. The van der Waals surface area contributed by atoms with Crippen LogP contribution in [0.3, 0.4) is 0 Å². The molecule has 1 atom stereocenters. The van der Waals surface area contributed by atoms with Crippen LogP contribution in [-0.4, -0.2) is 17.2 Å². The van der Waals surface area contributed by atoms with E-state index >= 15 is 0 Å². The van der Waals surface area contributed by atoms with Crippen molar-refractivity contribution < 1.29 is 19.1 Å². The second-order valence-corrected chi connectivity index (χ2v) is 6.85. The normalized spacial score (nSPS) is 15.8. The Balaban J connectivity index is 1.54. The molecule has 1 aromatic heterocycles. The highest BCUT2D eigenvalue weighted by atomic mass is 16.5. The first kappa shape index (κ1) is 16.7. The lowest BCUT2D eigenvalue weighted by atomic mass is 9.95. The van der Waals surface area contributed by atoms with Crippen LogP contribution in [0.1, 0.15) is 38.5 Å². The van der Waals surface area contributed by atoms with Crippen LogP contribution >= 0.6 is 0 Å². The molecule has 134 valence electrons. The van der Waals surface area contributed by atoms with E-state index in [0.29, 0.717) is 12.2 Å². The van der Waals surface area contributed by atoms with Crippen molar-refractivity contribution in [3.8, 4) is 5.75 Å². The van der Waals surface area contributed by atoms with Gasteiger partial charge in [0.1, 0.15) is 16.9 Å². The minimum Gasteiger partial charge on any atom is -0.479 e. The molecule has 1 unspecified atom stereocenters. The van der Waals surface area contributed by atoms with E-state index in [0.717, 1.165) is 41.2 Å². The largest absolute Gasteiger partial charge is 0.479 e. The second kappa shape index (κ2) is 7.24. The third-order valence-corrected chi connectivity index (χ3v) is 5.01. The Morgan fingerprint density at radius 2 is 1.96 bits per heavy atom. The molecule has 1 heterocycles. The average Bonchev–Trinajstić information content (AvgIpc) is 3.04. The molecule has 0 amide bonds. The first-order valence-corrected chi connectivity index (χ1v) is 9.19. The predicted octanol–water partition coefficient (Wildman–Crippen LogP) is 5.70. The monoisotopic (exact) mass is 350 g/mol. The van der Waals surface area contributed by atoms with E-state index in [1.54, 1.807) is 6.07 Å². The van der Waals surface area contributed by atoms with Crippen LogP contribution in [0, 0.1) is 0 Å². The maximum Gasteiger partial charge on any atom is 0.344 e. The highest BCUT2D eigenvalue weighted by Crippen LogP contribution is 2.32. The molecule has 0 fully saturated rings. The summed E-state index contributed by atoms with van der Waals surface area (Å²) >= 11 is 0. The van der Waals surface area contributed by atoms with Crippen molar-refractivity contribution in [2.24, 2.45) is 0 Å². The minimum absolute atomic E-state index is 0.491. The average molecular weight is 350 g/mol. The summed E-state index contributed by atoms with van der Waals surface area (Å²) in [4.78, 5) is 11.6.